The molecule has 0 bridgehead atoms. The van der Waals surface area contributed by atoms with Crippen molar-refractivity contribution in [3.8, 4) is 11.4 Å². The molecule has 1 amide bonds. The molecule has 0 radical (unpaired) electrons. The van der Waals surface area contributed by atoms with Crippen molar-refractivity contribution in [2.45, 2.75) is 30.6 Å². The number of benzene rings is 1. The summed E-state index contributed by atoms with van der Waals surface area (Å²) in [6.07, 6.45) is 3.99. The predicted octanol–water partition coefficient (Wildman–Crippen LogP) is 3.17. The number of halogens is 1. The molecule has 6 nitrogen and oxygen atoms in total. The Balaban J connectivity index is 1.62. The van der Waals surface area contributed by atoms with Crippen LogP contribution in [0.3, 0.4) is 0 Å². The molecule has 2 aromatic rings. The predicted molar refractivity (Wildman–Crippen MR) is 103 cm³/mol. The Labute approximate surface area is 162 Å². The highest BCUT2D eigenvalue weighted by atomic mass is 35.5. The number of aromatic nitrogens is 3. The van der Waals surface area contributed by atoms with Crippen molar-refractivity contribution in [3.05, 3.63) is 41.9 Å². The molecule has 1 aromatic heterocycles. The third-order valence-electron chi connectivity index (χ3n) is 4.01. The molecule has 26 heavy (non-hydrogen) atoms. The lowest BCUT2D eigenvalue weighted by Crippen LogP contribution is -2.32. The minimum Gasteiger partial charge on any atom is -0.376 e. The molecule has 0 unspecified atom stereocenters. The molecular formula is C18H21ClN4O2S. The molecular weight excluding hydrogens is 372 g/mol. The normalized spacial score (nSPS) is 16.6. The molecule has 1 aromatic carbocycles. The Hall–Kier alpha value is -1.83. The van der Waals surface area contributed by atoms with Crippen LogP contribution in [0.1, 0.15) is 12.8 Å². The van der Waals surface area contributed by atoms with Gasteiger partial charge in [-0.25, -0.2) is 0 Å². The number of ether oxygens (including phenoxy) is 1. The van der Waals surface area contributed by atoms with E-state index in [2.05, 4.69) is 22.1 Å². The van der Waals surface area contributed by atoms with E-state index in [0.29, 0.717) is 23.3 Å². The molecule has 138 valence electrons. The zero-order chi connectivity index (χ0) is 18.4. The number of amides is 1. The van der Waals surface area contributed by atoms with E-state index >= 15 is 0 Å². The van der Waals surface area contributed by atoms with Crippen LogP contribution in [0.15, 0.2) is 42.1 Å². The van der Waals surface area contributed by atoms with Crippen molar-refractivity contribution in [3.63, 3.8) is 0 Å². The zero-order valence-electron chi connectivity index (χ0n) is 14.4. The SMILES string of the molecule is C=CCn1c(SCC(=O)NC[C@@H]2CCCO2)nnc1-c1ccc(Cl)cc1. The summed E-state index contributed by atoms with van der Waals surface area (Å²) in [6.45, 7) is 5.70. The standard InChI is InChI=1S/C18H21ClN4O2S/c1-2-9-23-17(13-5-7-14(19)8-6-13)21-22-18(23)26-12-16(24)20-11-15-4-3-10-25-15/h2,5-8,15H,1,3-4,9-12H2,(H,20,24)/t15-/m0/s1. The first kappa shape index (κ1) is 18.9. The number of hydrogen-bond acceptors (Lipinski definition) is 5. The quantitative estimate of drug-likeness (QED) is 0.552. The van der Waals surface area contributed by atoms with E-state index in [1.54, 1.807) is 6.08 Å². The molecule has 2 heterocycles. The average Bonchev–Trinajstić information content (AvgIpc) is 3.29. The zero-order valence-corrected chi connectivity index (χ0v) is 15.9. The molecule has 0 saturated carbocycles. The first-order valence-electron chi connectivity index (χ1n) is 8.48. The fourth-order valence-electron chi connectivity index (χ4n) is 2.72. The van der Waals surface area contributed by atoms with Gasteiger partial charge < -0.3 is 10.1 Å². The van der Waals surface area contributed by atoms with E-state index in [4.69, 9.17) is 16.3 Å². The van der Waals surface area contributed by atoms with Gasteiger partial charge >= 0.3 is 0 Å². The minimum atomic E-state index is -0.0355. The Morgan fingerprint density at radius 1 is 1.42 bits per heavy atom. The Kier molecular flexibility index (Phi) is 6.71. The van der Waals surface area contributed by atoms with Crippen molar-refractivity contribution in [1.29, 1.82) is 0 Å². The molecule has 0 spiro atoms. The van der Waals surface area contributed by atoms with Crippen LogP contribution in [0, 0.1) is 0 Å². The number of thioether (sulfide) groups is 1. The van der Waals surface area contributed by atoms with Gasteiger partial charge in [0.25, 0.3) is 0 Å². The Bertz CT molecular complexity index is 757. The first-order valence-corrected chi connectivity index (χ1v) is 9.85. The molecule has 8 heteroatoms. The smallest absolute Gasteiger partial charge is 0.230 e. The van der Waals surface area contributed by atoms with Crippen LogP contribution in [0.5, 0.6) is 0 Å². The number of hydrogen-bond donors (Lipinski definition) is 1. The van der Waals surface area contributed by atoms with Gasteiger partial charge in [0, 0.05) is 30.3 Å². The maximum Gasteiger partial charge on any atom is 0.230 e. The fraction of sp³-hybridized carbons (Fsp3) is 0.389. The lowest BCUT2D eigenvalue weighted by Gasteiger charge is -2.11. The second-order valence-electron chi connectivity index (χ2n) is 5.94. The molecule has 1 fully saturated rings. The number of nitrogens with one attached hydrogen (secondary N) is 1. The van der Waals surface area contributed by atoms with Gasteiger partial charge in [0.15, 0.2) is 11.0 Å². The summed E-state index contributed by atoms with van der Waals surface area (Å²) in [7, 11) is 0. The van der Waals surface area contributed by atoms with Gasteiger partial charge in [-0.15, -0.1) is 16.8 Å². The highest BCUT2D eigenvalue weighted by Crippen LogP contribution is 2.25. The molecule has 1 atom stereocenters. The fourth-order valence-corrected chi connectivity index (χ4v) is 3.62. The van der Waals surface area contributed by atoms with Gasteiger partial charge in [0.05, 0.1) is 11.9 Å². The molecule has 3 rings (SSSR count). The van der Waals surface area contributed by atoms with E-state index in [9.17, 15) is 4.79 Å². The van der Waals surface area contributed by atoms with E-state index in [1.807, 2.05) is 28.8 Å². The Morgan fingerprint density at radius 2 is 2.23 bits per heavy atom. The summed E-state index contributed by atoms with van der Waals surface area (Å²) in [6, 6.07) is 7.42. The van der Waals surface area contributed by atoms with Crippen LogP contribution in [0.4, 0.5) is 0 Å². The molecule has 1 aliphatic rings. The van der Waals surface area contributed by atoms with Crippen LogP contribution < -0.4 is 5.32 Å². The van der Waals surface area contributed by atoms with Gasteiger partial charge in [0.2, 0.25) is 5.91 Å². The third kappa shape index (κ3) is 4.87. The van der Waals surface area contributed by atoms with Crippen molar-refractivity contribution in [1.82, 2.24) is 20.1 Å². The molecule has 0 aliphatic carbocycles. The summed E-state index contributed by atoms with van der Waals surface area (Å²) < 4.78 is 7.45. The number of nitrogens with zero attached hydrogens (tertiary/aromatic N) is 3. The maximum atomic E-state index is 12.1. The second-order valence-corrected chi connectivity index (χ2v) is 7.32. The summed E-state index contributed by atoms with van der Waals surface area (Å²) in [4.78, 5) is 12.1. The largest absolute Gasteiger partial charge is 0.376 e. The monoisotopic (exact) mass is 392 g/mol. The van der Waals surface area contributed by atoms with Gasteiger partial charge in [0.1, 0.15) is 0 Å². The van der Waals surface area contributed by atoms with Crippen LogP contribution in [0.25, 0.3) is 11.4 Å². The van der Waals surface area contributed by atoms with Crippen LogP contribution in [-0.2, 0) is 16.1 Å². The number of rotatable bonds is 8. The Morgan fingerprint density at radius 3 is 2.92 bits per heavy atom. The van der Waals surface area contributed by atoms with E-state index in [-0.39, 0.29) is 17.8 Å². The van der Waals surface area contributed by atoms with Crippen LogP contribution in [-0.4, -0.2) is 45.7 Å². The number of carbonyl (C=O) groups excluding carboxylic acids is 1. The highest BCUT2D eigenvalue weighted by molar-refractivity contribution is 7.99. The summed E-state index contributed by atoms with van der Waals surface area (Å²) in [5, 5.41) is 12.8. The van der Waals surface area contributed by atoms with Crippen molar-refractivity contribution < 1.29 is 9.53 Å². The van der Waals surface area contributed by atoms with Crippen LogP contribution in [0.2, 0.25) is 5.02 Å². The third-order valence-corrected chi connectivity index (χ3v) is 5.23. The van der Waals surface area contributed by atoms with Gasteiger partial charge in [-0.05, 0) is 37.1 Å². The first-order chi connectivity index (χ1) is 12.7. The summed E-state index contributed by atoms with van der Waals surface area (Å²) in [5.74, 6) is 0.971. The topological polar surface area (TPSA) is 69.0 Å². The molecule has 1 N–H and O–H groups in total. The molecule has 1 aliphatic heterocycles. The highest BCUT2D eigenvalue weighted by Gasteiger charge is 2.18. The van der Waals surface area contributed by atoms with Crippen molar-refractivity contribution >= 4 is 29.3 Å². The summed E-state index contributed by atoms with van der Waals surface area (Å²) in [5.41, 5.74) is 0.915. The van der Waals surface area contributed by atoms with Gasteiger partial charge in [-0.3, -0.25) is 9.36 Å². The average molecular weight is 393 g/mol. The molecule has 1 saturated heterocycles. The summed E-state index contributed by atoms with van der Waals surface area (Å²) >= 11 is 7.31. The van der Waals surface area contributed by atoms with Gasteiger partial charge in [-0.2, -0.15) is 0 Å². The van der Waals surface area contributed by atoms with E-state index in [0.717, 1.165) is 30.8 Å². The lowest BCUT2D eigenvalue weighted by atomic mass is 10.2. The van der Waals surface area contributed by atoms with Crippen LogP contribution >= 0.6 is 23.4 Å². The second kappa shape index (κ2) is 9.21. The van der Waals surface area contributed by atoms with Gasteiger partial charge in [-0.1, -0.05) is 29.4 Å². The van der Waals surface area contributed by atoms with Crippen molar-refractivity contribution in [2.24, 2.45) is 0 Å². The van der Waals surface area contributed by atoms with E-state index < -0.39 is 0 Å². The minimum absolute atomic E-state index is 0.0355. The van der Waals surface area contributed by atoms with E-state index in [1.165, 1.54) is 11.8 Å². The maximum absolute atomic E-state index is 12.1. The number of allylic oxidation sites excluding steroid dienone is 1. The van der Waals surface area contributed by atoms with Crippen molar-refractivity contribution in [2.75, 3.05) is 18.9 Å². The lowest BCUT2D eigenvalue weighted by molar-refractivity contribution is -0.119. The number of carbonyl (C=O) groups is 1.